The lowest BCUT2D eigenvalue weighted by atomic mass is 9.55. The monoisotopic (exact) mass is 437 g/mol. The van der Waals surface area contributed by atoms with Crippen LogP contribution in [0.3, 0.4) is 0 Å². The van der Waals surface area contributed by atoms with Gasteiger partial charge < -0.3 is 9.64 Å². The maximum atomic E-state index is 12.5. The number of ether oxygens (including phenoxy) is 1. The number of aryl methyl sites for hydroxylation is 1. The number of benzene rings is 1. The van der Waals surface area contributed by atoms with Crippen LogP contribution in [0.5, 0.6) is 5.75 Å². The zero-order valence-corrected chi connectivity index (χ0v) is 18.5. The SMILES string of the molecule is C[C@]12CC[C@@H]3c4ccc(OC(=O)N(CCCl)CCCl)cc4CC[C@H]3[C@@H]1CCC2=O. The Morgan fingerprint density at radius 3 is 2.66 bits per heavy atom. The van der Waals surface area contributed by atoms with Gasteiger partial charge in [-0.25, -0.2) is 4.79 Å². The molecule has 158 valence electrons. The minimum Gasteiger partial charge on any atom is -0.410 e. The van der Waals surface area contributed by atoms with Crippen LogP contribution in [0.4, 0.5) is 4.79 Å². The first-order valence-electron chi connectivity index (χ1n) is 10.7. The Hall–Kier alpha value is -1.26. The van der Waals surface area contributed by atoms with Crippen molar-refractivity contribution in [1.82, 2.24) is 4.90 Å². The predicted molar refractivity (Wildman–Crippen MR) is 115 cm³/mol. The molecule has 4 atom stereocenters. The topological polar surface area (TPSA) is 46.6 Å². The molecule has 0 N–H and O–H groups in total. The van der Waals surface area contributed by atoms with Crippen molar-refractivity contribution in [2.24, 2.45) is 17.3 Å². The lowest BCUT2D eigenvalue weighted by molar-refractivity contribution is -0.129. The van der Waals surface area contributed by atoms with E-state index in [1.807, 2.05) is 12.1 Å². The Bertz CT molecular complexity index is 792. The molecule has 2 saturated carbocycles. The van der Waals surface area contributed by atoms with Crippen molar-refractivity contribution in [3.63, 3.8) is 0 Å². The molecule has 6 heteroatoms. The first-order chi connectivity index (χ1) is 14.0. The standard InChI is InChI=1S/C23H29Cl2NO3/c1-23-9-8-18-17-5-3-16(29-22(28)26(12-10-24)13-11-25)14-15(17)2-4-19(18)20(23)6-7-21(23)27/h3,5,14,18-20H,2,4,6-13H2,1H3/t18-,19-,20+,23+/m1/s1. The molecule has 1 aromatic rings. The summed E-state index contributed by atoms with van der Waals surface area (Å²) < 4.78 is 5.61. The van der Waals surface area contributed by atoms with Gasteiger partial charge in [-0.2, -0.15) is 0 Å². The van der Waals surface area contributed by atoms with Crippen LogP contribution in [-0.2, 0) is 11.2 Å². The Kier molecular flexibility index (Phi) is 6.13. The van der Waals surface area contributed by atoms with Crippen LogP contribution in [0, 0.1) is 17.3 Å². The smallest absolute Gasteiger partial charge is 0.410 e. The molecule has 1 aromatic carbocycles. The molecule has 0 bridgehead atoms. The van der Waals surface area contributed by atoms with Gasteiger partial charge in [0, 0.05) is 36.7 Å². The third-order valence-corrected chi connectivity index (χ3v) is 7.92. The molecule has 0 aromatic heterocycles. The largest absolute Gasteiger partial charge is 0.415 e. The third-order valence-electron chi connectivity index (χ3n) is 7.58. The average Bonchev–Trinajstić information content (AvgIpc) is 3.02. The van der Waals surface area contributed by atoms with Gasteiger partial charge in [-0.05, 0) is 73.1 Å². The summed E-state index contributed by atoms with van der Waals surface area (Å²) in [6.07, 6.45) is 5.58. The molecule has 3 aliphatic carbocycles. The average molecular weight is 438 g/mol. The van der Waals surface area contributed by atoms with Crippen molar-refractivity contribution in [3.8, 4) is 5.75 Å². The fourth-order valence-electron chi connectivity index (χ4n) is 6.06. The molecule has 0 saturated heterocycles. The number of ketones is 1. The predicted octanol–water partition coefficient (Wildman–Crippen LogP) is 5.39. The fourth-order valence-corrected chi connectivity index (χ4v) is 6.47. The highest BCUT2D eigenvalue weighted by Crippen LogP contribution is 2.59. The zero-order chi connectivity index (χ0) is 20.6. The maximum Gasteiger partial charge on any atom is 0.415 e. The number of Topliss-reactive ketones (excluding diaryl/α,β-unsaturated/α-hetero) is 1. The van der Waals surface area contributed by atoms with E-state index in [9.17, 15) is 9.59 Å². The van der Waals surface area contributed by atoms with E-state index in [2.05, 4.69) is 13.0 Å². The third kappa shape index (κ3) is 3.79. The van der Waals surface area contributed by atoms with Crippen LogP contribution in [0.25, 0.3) is 0 Å². The van der Waals surface area contributed by atoms with Crippen molar-refractivity contribution >= 4 is 35.1 Å². The summed E-state index contributed by atoms with van der Waals surface area (Å²) >= 11 is 11.6. The molecule has 0 aliphatic heterocycles. The summed E-state index contributed by atoms with van der Waals surface area (Å²) in [5, 5.41) is 0. The van der Waals surface area contributed by atoms with Gasteiger partial charge >= 0.3 is 6.09 Å². The molecule has 0 heterocycles. The maximum absolute atomic E-state index is 12.5. The van der Waals surface area contributed by atoms with Crippen molar-refractivity contribution in [3.05, 3.63) is 29.3 Å². The van der Waals surface area contributed by atoms with Crippen molar-refractivity contribution < 1.29 is 14.3 Å². The highest BCUT2D eigenvalue weighted by molar-refractivity contribution is 6.18. The van der Waals surface area contributed by atoms with E-state index < -0.39 is 6.09 Å². The molecule has 0 radical (unpaired) electrons. The number of hydrogen-bond donors (Lipinski definition) is 0. The number of fused-ring (bicyclic) bond motifs is 5. The highest BCUT2D eigenvalue weighted by Gasteiger charge is 2.54. The number of amides is 1. The van der Waals surface area contributed by atoms with Crippen LogP contribution in [0.1, 0.15) is 56.1 Å². The highest BCUT2D eigenvalue weighted by atomic mass is 35.5. The summed E-state index contributed by atoms with van der Waals surface area (Å²) in [6, 6.07) is 6.07. The van der Waals surface area contributed by atoms with E-state index in [1.165, 1.54) is 16.0 Å². The first-order valence-corrected chi connectivity index (χ1v) is 11.8. The van der Waals surface area contributed by atoms with E-state index in [1.54, 1.807) is 0 Å². The number of hydrogen-bond acceptors (Lipinski definition) is 3. The summed E-state index contributed by atoms with van der Waals surface area (Å²) in [5.74, 6) is 3.41. The van der Waals surface area contributed by atoms with Crippen molar-refractivity contribution in [1.29, 1.82) is 0 Å². The van der Waals surface area contributed by atoms with E-state index in [-0.39, 0.29) is 5.41 Å². The molecular weight excluding hydrogens is 409 g/mol. The second-order valence-electron chi connectivity index (χ2n) is 8.93. The summed E-state index contributed by atoms with van der Waals surface area (Å²) in [7, 11) is 0. The summed E-state index contributed by atoms with van der Waals surface area (Å²) in [6.45, 7) is 3.04. The summed E-state index contributed by atoms with van der Waals surface area (Å²) in [4.78, 5) is 26.4. The minimum absolute atomic E-state index is 0.0948. The molecule has 4 nitrogen and oxygen atoms in total. The first kappa shape index (κ1) is 21.0. The number of carbonyl (C=O) groups is 2. The van der Waals surface area contributed by atoms with Crippen molar-refractivity contribution in [2.45, 2.75) is 51.4 Å². The second-order valence-corrected chi connectivity index (χ2v) is 9.68. The molecule has 3 aliphatic rings. The molecule has 0 spiro atoms. The van der Waals surface area contributed by atoms with Gasteiger partial charge in [0.25, 0.3) is 0 Å². The quantitative estimate of drug-likeness (QED) is 0.579. The van der Waals surface area contributed by atoms with Gasteiger partial charge in [0.05, 0.1) is 0 Å². The molecular formula is C23H29Cl2NO3. The van der Waals surface area contributed by atoms with Crippen LogP contribution in [0.15, 0.2) is 18.2 Å². The van der Waals surface area contributed by atoms with Crippen LogP contribution in [-0.4, -0.2) is 41.6 Å². The Balaban J connectivity index is 1.50. The number of halogens is 2. The Morgan fingerprint density at radius 2 is 1.93 bits per heavy atom. The lowest BCUT2D eigenvalue weighted by Gasteiger charge is -2.48. The van der Waals surface area contributed by atoms with Gasteiger partial charge in [0.2, 0.25) is 0 Å². The molecule has 0 unspecified atom stereocenters. The van der Waals surface area contributed by atoms with E-state index in [0.717, 1.165) is 38.5 Å². The van der Waals surface area contributed by atoms with Crippen LogP contribution >= 0.6 is 23.2 Å². The van der Waals surface area contributed by atoms with Gasteiger partial charge in [0.15, 0.2) is 0 Å². The van der Waals surface area contributed by atoms with Gasteiger partial charge in [0.1, 0.15) is 11.5 Å². The van der Waals surface area contributed by atoms with Crippen molar-refractivity contribution in [2.75, 3.05) is 24.8 Å². The minimum atomic E-state index is -0.405. The summed E-state index contributed by atoms with van der Waals surface area (Å²) in [5.41, 5.74) is 2.58. The number of carbonyl (C=O) groups excluding carboxylic acids is 2. The molecule has 29 heavy (non-hydrogen) atoms. The lowest BCUT2D eigenvalue weighted by Crippen LogP contribution is -2.42. The van der Waals surface area contributed by atoms with Gasteiger partial charge in [-0.3, -0.25) is 4.79 Å². The molecule has 1 amide bonds. The number of alkyl halides is 2. The molecule has 2 fully saturated rings. The molecule has 4 rings (SSSR count). The van der Waals surface area contributed by atoms with Crippen LogP contribution in [0.2, 0.25) is 0 Å². The number of rotatable bonds is 5. The van der Waals surface area contributed by atoms with Gasteiger partial charge in [-0.15, -0.1) is 23.2 Å². The fraction of sp³-hybridized carbons (Fsp3) is 0.652. The van der Waals surface area contributed by atoms with Gasteiger partial charge in [-0.1, -0.05) is 13.0 Å². The zero-order valence-electron chi connectivity index (χ0n) is 17.0. The number of nitrogens with zero attached hydrogens (tertiary/aromatic N) is 1. The van der Waals surface area contributed by atoms with Crippen LogP contribution < -0.4 is 4.74 Å². The van der Waals surface area contributed by atoms with E-state index in [0.29, 0.717) is 54.1 Å². The Labute approximate surface area is 182 Å². The van der Waals surface area contributed by atoms with E-state index in [4.69, 9.17) is 27.9 Å². The normalized spacial score (nSPS) is 30.3. The second kappa shape index (κ2) is 8.47. The Morgan fingerprint density at radius 1 is 1.17 bits per heavy atom. The van der Waals surface area contributed by atoms with E-state index >= 15 is 0 Å².